The van der Waals surface area contributed by atoms with Crippen LogP contribution in [0.1, 0.15) is 24.8 Å². The zero-order chi connectivity index (χ0) is 14.9. The van der Waals surface area contributed by atoms with Crippen LogP contribution in [0.5, 0.6) is 0 Å². The van der Waals surface area contributed by atoms with Crippen LogP contribution in [0.25, 0.3) is 0 Å². The number of ether oxygens (including phenoxy) is 1. The summed E-state index contributed by atoms with van der Waals surface area (Å²) in [5, 5.41) is 0. The highest BCUT2D eigenvalue weighted by molar-refractivity contribution is 7.88. The van der Waals surface area contributed by atoms with E-state index in [1.54, 1.807) is 4.31 Å². The molecule has 0 bridgehead atoms. The Morgan fingerprint density at radius 2 is 2.00 bits per heavy atom. The Hall–Kier alpha value is -1.05. The van der Waals surface area contributed by atoms with Gasteiger partial charge in [0.15, 0.2) is 0 Å². The van der Waals surface area contributed by atoms with Crippen molar-refractivity contribution in [2.45, 2.75) is 31.3 Å². The molecule has 0 saturated carbocycles. The van der Waals surface area contributed by atoms with Gasteiger partial charge in [-0.25, -0.2) is 22.7 Å². The Bertz CT molecular complexity index is 583. The molecule has 1 atom stereocenters. The van der Waals surface area contributed by atoms with Gasteiger partial charge in [-0.15, -0.1) is 0 Å². The van der Waals surface area contributed by atoms with Crippen LogP contribution in [0, 0.1) is 5.92 Å². The molecular formula is C14H21N3O3S. The van der Waals surface area contributed by atoms with E-state index in [1.165, 1.54) is 12.6 Å². The van der Waals surface area contributed by atoms with E-state index in [0.29, 0.717) is 19.0 Å². The largest absolute Gasteiger partial charge is 0.375 e. The number of hydrogen-bond donors (Lipinski definition) is 0. The van der Waals surface area contributed by atoms with Crippen molar-refractivity contribution in [1.82, 2.24) is 14.3 Å². The summed E-state index contributed by atoms with van der Waals surface area (Å²) in [5.74, 6) is 0.473. The number of piperidine rings is 1. The first-order valence-electron chi connectivity index (χ1n) is 7.30. The molecule has 0 aliphatic carbocycles. The Balaban J connectivity index is 1.58. The minimum absolute atomic E-state index is 0.124. The molecule has 2 aliphatic rings. The Morgan fingerprint density at radius 3 is 2.62 bits per heavy atom. The van der Waals surface area contributed by atoms with Crippen molar-refractivity contribution in [1.29, 1.82) is 0 Å². The van der Waals surface area contributed by atoms with E-state index in [1.807, 2.05) is 12.4 Å². The molecule has 7 heteroatoms. The van der Waals surface area contributed by atoms with Crippen LogP contribution in [0.2, 0.25) is 0 Å². The quantitative estimate of drug-likeness (QED) is 0.827. The second-order valence-electron chi connectivity index (χ2n) is 6.18. The zero-order valence-electron chi connectivity index (χ0n) is 12.2. The van der Waals surface area contributed by atoms with Gasteiger partial charge >= 0.3 is 0 Å². The Kier molecular flexibility index (Phi) is 3.98. The molecule has 1 aromatic rings. The van der Waals surface area contributed by atoms with Gasteiger partial charge in [-0.3, -0.25) is 0 Å². The second-order valence-corrected chi connectivity index (χ2v) is 8.16. The molecular weight excluding hydrogens is 290 g/mol. The number of aromatic nitrogens is 2. The lowest BCUT2D eigenvalue weighted by atomic mass is 9.84. The third kappa shape index (κ3) is 3.41. The minimum Gasteiger partial charge on any atom is -0.375 e. The van der Waals surface area contributed by atoms with Crippen molar-refractivity contribution in [2.75, 3.05) is 26.0 Å². The van der Waals surface area contributed by atoms with Gasteiger partial charge in [0, 0.05) is 25.5 Å². The molecule has 3 rings (SSSR count). The normalized spacial score (nSPS) is 26.2. The Labute approximate surface area is 125 Å². The number of sulfonamides is 1. The summed E-state index contributed by atoms with van der Waals surface area (Å²) in [5.41, 5.74) is 1.01. The zero-order valence-corrected chi connectivity index (χ0v) is 13.1. The first-order valence-corrected chi connectivity index (χ1v) is 9.15. The maximum absolute atomic E-state index is 11.6. The molecule has 21 heavy (non-hydrogen) atoms. The van der Waals surface area contributed by atoms with Crippen molar-refractivity contribution < 1.29 is 13.2 Å². The fraction of sp³-hybridized carbons (Fsp3) is 0.714. The standard InChI is InChI=1S/C14H21N3O3S/c1-21(18,19)17-4-2-14(3-5-17)7-12(10-20-14)6-13-8-15-11-16-9-13/h8-9,11-12H,2-7,10H2,1H3/t12-/m1/s1. The van der Waals surface area contributed by atoms with Crippen molar-refractivity contribution >= 4 is 10.0 Å². The van der Waals surface area contributed by atoms with Crippen LogP contribution >= 0.6 is 0 Å². The molecule has 6 nitrogen and oxygen atoms in total. The molecule has 0 radical (unpaired) electrons. The van der Waals surface area contributed by atoms with Gasteiger partial charge in [-0.1, -0.05) is 0 Å². The third-order valence-corrected chi connectivity index (χ3v) is 5.83. The van der Waals surface area contributed by atoms with Crippen LogP contribution in [0.4, 0.5) is 0 Å². The molecule has 1 aromatic heterocycles. The van der Waals surface area contributed by atoms with E-state index in [4.69, 9.17) is 4.74 Å². The van der Waals surface area contributed by atoms with Crippen molar-refractivity contribution in [3.8, 4) is 0 Å². The summed E-state index contributed by atoms with van der Waals surface area (Å²) in [6.45, 7) is 1.88. The highest BCUT2D eigenvalue weighted by Gasteiger charge is 2.43. The molecule has 3 heterocycles. The summed E-state index contributed by atoms with van der Waals surface area (Å²) in [6.07, 6.45) is 10.0. The van der Waals surface area contributed by atoms with E-state index in [2.05, 4.69) is 9.97 Å². The highest BCUT2D eigenvalue weighted by atomic mass is 32.2. The fourth-order valence-corrected chi connectivity index (χ4v) is 4.26. The maximum Gasteiger partial charge on any atom is 0.211 e. The van der Waals surface area contributed by atoms with Crippen LogP contribution < -0.4 is 0 Å². The molecule has 0 unspecified atom stereocenters. The summed E-state index contributed by atoms with van der Waals surface area (Å²) in [6, 6.07) is 0. The van der Waals surface area contributed by atoms with Crippen molar-refractivity contribution in [3.63, 3.8) is 0 Å². The van der Waals surface area contributed by atoms with Gasteiger partial charge in [-0.2, -0.15) is 0 Å². The Morgan fingerprint density at radius 1 is 1.33 bits per heavy atom. The predicted molar refractivity (Wildman–Crippen MR) is 78.2 cm³/mol. The number of nitrogens with zero attached hydrogens (tertiary/aromatic N) is 3. The van der Waals surface area contributed by atoms with E-state index < -0.39 is 10.0 Å². The minimum atomic E-state index is -3.07. The van der Waals surface area contributed by atoms with Crippen LogP contribution in [0.15, 0.2) is 18.7 Å². The number of rotatable bonds is 3. The average molecular weight is 311 g/mol. The van der Waals surface area contributed by atoms with Gasteiger partial charge in [0.2, 0.25) is 10.0 Å². The molecule has 2 aliphatic heterocycles. The highest BCUT2D eigenvalue weighted by Crippen LogP contribution is 2.40. The van der Waals surface area contributed by atoms with Crippen LogP contribution in [0.3, 0.4) is 0 Å². The first kappa shape index (κ1) is 14.9. The lowest BCUT2D eigenvalue weighted by Gasteiger charge is -2.37. The summed E-state index contributed by atoms with van der Waals surface area (Å²) < 4.78 is 30.8. The lowest BCUT2D eigenvalue weighted by molar-refractivity contribution is -0.0313. The number of hydrogen-bond acceptors (Lipinski definition) is 5. The second kappa shape index (κ2) is 5.62. The van der Waals surface area contributed by atoms with E-state index in [0.717, 1.165) is 37.9 Å². The molecule has 0 aromatic carbocycles. The van der Waals surface area contributed by atoms with Crippen molar-refractivity contribution in [2.24, 2.45) is 5.92 Å². The summed E-state index contributed by atoms with van der Waals surface area (Å²) >= 11 is 0. The molecule has 116 valence electrons. The monoisotopic (exact) mass is 311 g/mol. The van der Waals surface area contributed by atoms with E-state index >= 15 is 0 Å². The van der Waals surface area contributed by atoms with Gasteiger partial charge in [0.05, 0.1) is 18.5 Å². The van der Waals surface area contributed by atoms with E-state index in [-0.39, 0.29) is 5.60 Å². The fourth-order valence-electron chi connectivity index (χ4n) is 3.41. The SMILES string of the molecule is CS(=O)(=O)N1CCC2(CC1)C[C@@H](Cc1cncnc1)CO2. The van der Waals surface area contributed by atoms with Gasteiger partial charge in [0.25, 0.3) is 0 Å². The third-order valence-electron chi connectivity index (χ3n) is 4.53. The molecule has 2 saturated heterocycles. The summed E-state index contributed by atoms with van der Waals surface area (Å²) in [7, 11) is -3.07. The lowest BCUT2D eigenvalue weighted by Crippen LogP contribution is -2.46. The molecule has 0 amide bonds. The van der Waals surface area contributed by atoms with Crippen molar-refractivity contribution in [3.05, 3.63) is 24.3 Å². The first-order chi connectivity index (χ1) is 9.97. The molecule has 0 N–H and O–H groups in total. The van der Waals surface area contributed by atoms with Gasteiger partial charge in [0.1, 0.15) is 6.33 Å². The summed E-state index contributed by atoms with van der Waals surface area (Å²) in [4.78, 5) is 8.08. The van der Waals surface area contributed by atoms with Crippen LogP contribution in [-0.2, 0) is 21.2 Å². The smallest absolute Gasteiger partial charge is 0.211 e. The average Bonchev–Trinajstić information content (AvgIpc) is 2.82. The molecule has 1 spiro atoms. The van der Waals surface area contributed by atoms with Crippen LogP contribution in [-0.4, -0.2) is 54.2 Å². The predicted octanol–water partition coefficient (Wildman–Crippen LogP) is 0.850. The maximum atomic E-state index is 11.6. The van der Waals surface area contributed by atoms with Gasteiger partial charge in [-0.05, 0) is 37.2 Å². The van der Waals surface area contributed by atoms with E-state index in [9.17, 15) is 8.42 Å². The molecule has 2 fully saturated rings. The topological polar surface area (TPSA) is 72.4 Å². The van der Waals surface area contributed by atoms with Gasteiger partial charge < -0.3 is 4.74 Å².